The molecule has 0 saturated carbocycles. The molecule has 0 bridgehead atoms. The average Bonchev–Trinajstić information content (AvgIpc) is 2.44. The molecule has 1 aliphatic heterocycles. The van der Waals surface area contributed by atoms with Crippen molar-refractivity contribution >= 4 is 11.4 Å². The fourth-order valence-electron chi connectivity index (χ4n) is 1.34. The highest BCUT2D eigenvalue weighted by Gasteiger charge is 2.25. The Hall–Kier alpha value is -1.39. The van der Waals surface area contributed by atoms with Crippen molar-refractivity contribution in [1.82, 2.24) is 0 Å². The Balaban J connectivity index is 2.62. The fraction of sp³-hybridized carbons (Fsp3) is 0.250. The van der Waals surface area contributed by atoms with Crippen LogP contribution in [0.5, 0.6) is 0 Å². The summed E-state index contributed by atoms with van der Waals surface area (Å²) in [6.07, 6.45) is -0.291. The van der Waals surface area contributed by atoms with E-state index in [0.717, 1.165) is 0 Å². The summed E-state index contributed by atoms with van der Waals surface area (Å²) in [7, 11) is 0. The molecule has 70 valence electrons. The van der Waals surface area contributed by atoms with E-state index in [0.29, 0.717) is 6.07 Å². The lowest BCUT2D eigenvalue weighted by Gasteiger charge is -2.02. The van der Waals surface area contributed by atoms with Crippen LogP contribution < -0.4 is 10.6 Å². The summed E-state index contributed by atoms with van der Waals surface area (Å²) in [6.45, 7) is 1.68. The molecule has 1 atom stereocenters. The molecule has 0 aliphatic carbocycles. The van der Waals surface area contributed by atoms with Crippen molar-refractivity contribution in [2.45, 2.75) is 13.1 Å². The Morgan fingerprint density at radius 3 is 2.38 bits per heavy atom. The van der Waals surface area contributed by atoms with Gasteiger partial charge in [0.15, 0.2) is 17.5 Å². The smallest absolute Gasteiger partial charge is 0.184 e. The number of fused-ring (bicyclic) bond motifs is 1. The third kappa shape index (κ3) is 1.11. The van der Waals surface area contributed by atoms with E-state index in [4.69, 9.17) is 0 Å². The third-order valence-corrected chi connectivity index (χ3v) is 1.89. The van der Waals surface area contributed by atoms with Crippen LogP contribution in [0.1, 0.15) is 6.92 Å². The Morgan fingerprint density at radius 1 is 1.08 bits per heavy atom. The largest absolute Gasteiger partial charge is 0.361 e. The van der Waals surface area contributed by atoms with Gasteiger partial charge in [-0.1, -0.05) is 0 Å². The van der Waals surface area contributed by atoms with Crippen LogP contribution in [-0.2, 0) is 0 Å². The van der Waals surface area contributed by atoms with E-state index in [1.165, 1.54) is 0 Å². The Morgan fingerprint density at radius 2 is 1.69 bits per heavy atom. The maximum absolute atomic E-state index is 13.0. The van der Waals surface area contributed by atoms with Gasteiger partial charge in [0.05, 0.1) is 11.9 Å². The Kier molecular flexibility index (Phi) is 1.61. The summed E-state index contributed by atoms with van der Waals surface area (Å²) in [6, 6.07) is 0.529. The van der Waals surface area contributed by atoms with Gasteiger partial charge in [0.1, 0.15) is 5.69 Å². The number of halogens is 3. The second-order valence-electron chi connectivity index (χ2n) is 2.91. The zero-order valence-corrected chi connectivity index (χ0v) is 6.79. The van der Waals surface area contributed by atoms with Crippen molar-refractivity contribution in [3.05, 3.63) is 23.5 Å². The Labute approximate surface area is 72.8 Å². The van der Waals surface area contributed by atoms with Crippen molar-refractivity contribution in [2.75, 3.05) is 10.6 Å². The molecule has 5 heteroatoms. The lowest BCUT2D eigenvalue weighted by molar-refractivity contribution is 0.500. The minimum atomic E-state index is -1.18. The molecule has 1 heterocycles. The van der Waals surface area contributed by atoms with Gasteiger partial charge < -0.3 is 10.6 Å². The van der Waals surface area contributed by atoms with Crippen molar-refractivity contribution in [3.63, 3.8) is 0 Å². The van der Waals surface area contributed by atoms with Gasteiger partial charge in [0.2, 0.25) is 0 Å². The molecule has 0 fully saturated rings. The van der Waals surface area contributed by atoms with Gasteiger partial charge in [-0.15, -0.1) is 0 Å². The highest BCUT2D eigenvalue weighted by molar-refractivity contribution is 5.75. The molecule has 0 spiro atoms. The van der Waals surface area contributed by atoms with Gasteiger partial charge in [-0.2, -0.15) is 0 Å². The van der Waals surface area contributed by atoms with Crippen LogP contribution in [0, 0.1) is 17.5 Å². The van der Waals surface area contributed by atoms with Crippen LogP contribution >= 0.6 is 0 Å². The van der Waals surface area contributed by atoms with Crippen LogP contribution in [-0.4, -0.2) is 6.17 Å². The molecule has 2 rings (SSSR count). The average molecular weight is 188 g/mol. The number of rotatable bonds is 0. The van der Waals surface area contributed by atoms with Crippen LogP contribution in [0.3, 0.4) is 0 Å². The number of nitrogens with one attached hydrogen (secondary N) is 2. The predicted octanol–water partition coefficient (Wildman–Crippen LogP) is 2.29. The molecule has 0 saturated heterocycles. The highest BCUT2D eigenvalue weighted by Crippen LogP contribution is 2.35. The third-order valence-electron chi connectivity index (χ3n) is 1.89. The lowest BCUT2D eigenvalue weighted by atomic mass is 10.2. The molecule has 1 unspecified atom stereocenters. The first-order valence-electron chi connectivity index (χ1n) is 3.80. The summed E-state index contributed by atoms with van der Waals surface area (Å²) in [5.41, 5.74) is -0.142. The fourth-order valence-corrected chi connectivity index (χ4v) is 1.34. The summed E-state index contributed by atoms with van der Waals surface area (Å²) in [5, 5.41) is 5.22. The van der Waals surface area contributed by atoms with Crippen LogP contribution in [0.4, 0.5) is 24.5 Å². The van der Waals surface area contributed by atoms with Gasteiger partial charge in [-0.3, -0.25) is 0 Å². The second kappa shape index (κ2) is 2.55. The van der Waals surface area contributed by atoms with Gasteiger partial charge in [0.25, 0.3) is 0 Å². The minimum absolute atomic E-state index is 0.00796. The number of anilines is 2. The number of hydrogen-bond donors (Lipinski definition) is 2. The molecule has 1 aliphatic rings. The molecule has 13 heavy (non-hydrogen) atoms. The number of hydrogen-bond acceptors (Lipinski definition) is 2. The molecule has 2 nitrogen and oxygen atoms in total. The first kappa shape index (κ1) is 8.22. The maximum Gasteiger partial charge on any atom is 0.184 e. The van der Waals surface area contributed by atoms with Gasteiger partial charge in [0, 0.05) is 6.07 Å². The van der Waals surface area contributed by atoms with Crippen molar-refractivity contribution in [3.8, 4) is 0 Å². The van der Waals surface area contributed by atoms with Crippen molar-refractivity contribution in [2.24, 2.45) is 0 Å². The summed E-state index contributed by atoms with van der Waals surface area (Å²) < 4.78 is 38.7. The molecular weight excluding hydrogens is 181 g/mol. The van der Waals surface area contributed by atoms with Gasteiger partial charge in [-0.25, -0.2) is 13.2 Å². The van der Waals surface area contributed by atoms with E-state index in [2.05, 4.69) is 10.6 Å². The lowest BCUT2D eigenvalue weighted by Crippen LogP contribution is -2.16. The van der Waals surface area contributed by atoms with E-state index in [9.17, 15) is 13.2 Å². The van der Waals surface area contributed by atoms with E-state index >= 15 is 0 Å². The van der Waals surface area contributed by atoms with Crippen molar-refractivity contribution < 1.29 is 13.2 Å². The van der Waals surface area contributed by atoms with Crippen LogP contribution in [0.25, 0.3) is 0 Å². The molecule has 0 radical (unpaired) electrons. The molecule has 1 aromatic rings. The normalized spacial score (nSPS) is 19.2. The zero-order valence-electron chi connectivity index (χ0n) is 6.79. The Bertz CT molecular complexity index is 365. The SMILES string of the molecule is CC1Nc2c(F)cc(F)c(F)c2N1. The summed E-state index contributed by atoms with van der Waals surface area (Å²) in [4.78, 5) is 0. The first-order chi connectivity index (χ1) is 6.09. The van der Waals surface area contributed by atoms with Crippen molar-refractivity contribution in [1.29, 1.82) is 0 Å². The van der Waals surface area contributed by atoms with Gasteiger partial charge >= 0.3 is 0 Å². The first-order valence-corrected chi connectivity index (χ1v) is 3.80. The number of benzene rings is 1. The van der Waals surface area contributed by atoms with Gasteiger partial charge in [-0.05, 0) is 6.92 Å². The predicted molar refractivity (Wildman–Crippen MR) is 43.0 cm³/mol. The van der Waals surface area contributed by atoms with E-state index < -0.39 is 17.5 Å². The topological polar surface area (TPSA) is 24.1 Å². The highest BCUT2D eigenvalue weighted by atomic mass is 19.2. The van der Waals surface area contributed by atoms with Crippen LogP contribution in [0.2, 0.25) is 0 Å². The molecule has 0 aromatic heterocycles. The summed E-state index contributed by atoms with van der Waals surface area (Å²) in [5.74, 6) is -3.02. The molecular formula is C8H7F3N2. The molecule has 2 N–H and O–H groups in total. The van der Waals surface area contributed by atoms with E-state index in [1.54, 1.807) is 6.92 Å². The second-order valence-corrected chi connectivity index (χ2v) is 2.91. The monoisotopic (exact) mass is 188 g/mol. The zero-order chi connectivity index (χ0) is 9.59. The molecule has 0 amide bonds. The standard InChI is InChI=1S/C8H7F3N2/c1-3-12-7-5(10)2-4(9)6(11)8(7)13-3/h2-3,12-13H,1H3. The molecule has 1 aromatic carbocycles. The van der Waals surface area contributed by atoms with E-state index in [-0.39, 0.29) is 17.5 Å². The minimum Gasteiger partial charge on any atom is -0.361 e. The summed E-state index contributed by atoms with van der Waals surface area (Å²) >= 11 is 0. The van der Waals surface area contributed by atoms with E-state index in [1.807, 2.05) is 0 Å². The maximum atomic E-state index is 13.0. The quantitative estimate of drug-likeness (QED) is 0.610. The van der Waals surface area contributed by atoms with Crippen LogP contribution in [0.15, 0.2) is 6.07 Å².